The lowest BCUT2D eigenvalue weighted by molar-refractivity contribution is 0.0787. The van der Waals surface area contributed by atoms with Crippen LogP contribution in [-0.2, 0) is 10.0 Å². The van der Waals surface area contributed by atoms with Crippen LogP contribution in [0.2, 0.25) is 0 Å². The quantitative estimate of drug-likeness (QED) is 0.772. The van der Waals surface area contributed by atoms with Crippen molar-refractivity contribution in [3.8, 4) is 0 Å². The van der Waals surface area contributed by atoms with Crippen LogP contribution in [0, 0.1) is 5.92 Å². The van der Waals surface area contributed by atoms with Gasteiger partial charge in [-0.1, -0.05) is 13.8 Å². The molecule has 0 radical (unpaired) electrons. The normalized spacial score (nSPS) is 17.6. The molecule has 142 valence electrons. The lowest BCUT2D eigenvalue weighted by Gasteiger charge is -2.19. The molecule has 1 amide bonds. The third-order valence-electron chi connectivity index (χ3n) is 4.51. The van der Waals surface area contributed by atoms with Crippen LogP contribution in [0.25, 0.3) is 0 Å². The fourth-order valence-electron chi connectivity index (χ4n) is 3.14. The first kappa shape index (κ1) is 21.9. The molecule has 0 aliphatic carbocycles. The minimum atomic E-state index is -3.48. The average molecular weight is 390 g/mol. The Labute approximate surface area is 157 Å². The van der Waals surface area contributed by atoms with Crippen LogP contribution >= 0.6 is 12.4 Å². The summed E-state index contributed by atoms with van der Waals surface area (Å²) in [6, 6.07) is 6.29. The van der Waals surface area contributed by atoms with E-state index in [0.29, 0.717) is 24.6 Å². The van der Waals surface area contributed by atoms with Gasteiger partial charge in [-0.2, -0.15) is 4.31 Å². The van der Waals surface area contributed by atoms with Crippen LogP contribution in [0.1, 0.15) is 30.6 Å². The standard InChI is InChI=1S/C17H27N3O3S.ClH/c1-4-20(5-2)24(22,23)16-8-6-15(7-9-16)17(21)19-11-10-14(13-19)12-18-3;/h6-9,14,18H,4-5,10-13H2,1-3H3;1H. The molecule has 0 saturated carbocycles. The fourth-order valence-corrected chi connectivity index (χ4v) is 4.60. The summed E-state index contributed by atoms with van der Waals surface area (Å²) in [7, 11) is -1.56. The van der Waals surface area contributed by atoms with Gasteiger partial charge in [0, 0.05) is 31.7 Å². The van der Waals surface area contributed by atoms with Gasteiger partial charge in [0.15, 0.2) is 0 Å². The number of halogens is 1. The molecule has 1 aliphatic heterocycles. The van der Waals surface area contributed by atoms with Crippen molar-refractivity contribution in [1.29, 1.82) is 0 Å². The number of hydrogen-bond donors (Lipinski definition) is 1. The molecule has 1 fully saturated rings. The fraction of sp³-hybridized carbons (Fsp3) is 0.588. The van der Waals surface area contributed by atoms with Crippen molar-refractivity contribution >= 4 is 28.3 Å². The van der Waals surface area contributed by atoms with E-state index in [1.807, 2.05) is 25.8 Å². The van der Waals surface area contributed by atoms with Crippen molar-refractivity contribution in [1.82, 2.24) is 14.5 Å². The summed E-state index contributed by atoms with van der Waals surface area (Å²) < 4.78 is 26.4. The predicted molar refractivity (Wildman–Crippen MR) is 102 cm³/mol. The van der Waals surface area contributed by atoms with Gasteiger partial charge in [-0.3, -0.25) is 4.79 Å². The molecule has 6 nitrogen and oxygen atoms in total. The smallest absolute Gasteiger partial charge is 0.253 e. The number of nitrogens with zero attached hydrogens (tertiary/aromatic N) is 2. The Balaban J connectivity index is 0.00000312. The van der Waals surface area contributed by atoms with E-state index >= 15 is 0 Å². The number of hydrogen-bond acceptors (Lipinski definition) is 4. The second-order valence-corrected chi connectivity index (χ2v) is 8.02. The average Bonchev–Trinajstić information content (AvgIpc) is 3.04. The Morgan fingerprint density at radius 2 is 1.84 bits per heavy atom. The van der Waals surface area contributed by atoms with Gasteiger partial charge in [0.25, 0.3) is 5.91 Å². The summed E-state index contributed by atoms with van der Waals surface area (Å²) in [5, 5.41) is 3.15. The van der Waals surface area contributed by atoms with Gasteiger partial charge in [-0.15, -0.1) is 12.4 Å². The van der Waals surface area contributed by atoms with Crippen molar-refractivity contribution in [3.05, 3.63) is 29.8 Å². The second-order valence-electron chi connectivity index (χ2n) is 6.08. The topological polar surface area (TPSA) is 69.7 Å². The molecule has 1 aromatic carbocycles. The molecule has 1 atom stereocenters. The molecule has 1 saturated heterocycles. The van der Waals surface area contributed by atoms with Gasteiger partial charge < -0.3 is 10.2 Å². The molecule has 1 heterocycles. The monoisotopic (exact) mass is 389 g/mol. The first-order valence-corrected chi connectivity index (χ1v) is 9.92. The number of likely N-dealkylation sites (tertiary alicyclic amines) is 1. The molecule has 8 heteroatoms. The summed E-state index contributed by atoms with van der Waals surface area (Å²) in [4.78, 5) is 14.6. The number of benzene rings is 1. The Morgan fingerprint density at radius 3 is 2.36 bits per heavy atom. The van der Waals surface area contributed by atoms with Crippen molar-refractivity contribution in [3.63, 3.8) is 0 Å². The summed E-state index contributed by atoms with van der Waals surface area (Å²) in [6.45, 7) is 6.90. The van der Waals surface area contributed by atoms with Crippen molar-refractivity contribution in [2.24, 2.45) is 5.92 Å². The largest absolute Gasteiger partial charge is 0.338 e. The minimum Gasteiger partial charge on any atom is -0.338 e. The van der Waals surface area contributed by atoms with Gasteiger partial charge in [-0.05, 0) is 50.2 Å². The molecule has 2 rings (SSSR count). The molecule has 0 bridgehead atoms. The van der Waals surface area contributed by atoms with E-state index < -0.39 is 10.0 Å². The second kappa shape index (κ2) is 9.52. The molecule has 0 spiro atoms. The van der Waals surface area contributed by atoms with Crippen LogP contribution in [0.15, 0.2) is 29.2 Å². The van der Waals surface area contributed by atoms with E-state index in [1.165, 1.54) is 16.4 Å². The van der Waals surface area contributed by atoms with Crippen LogP contribution < -0.4 is 5.32 Å². The third-order valence-corrected chi connectivity index (χ3v) is 6.57. The molecular weight excluding hydrogens is 362 g/mol. The summed E-state index contributed by atoms with van der Waals surface area (Å²) in [5.74, 6) is 0.460. The zero-order chi connectivity index (χ0) is 17.7. The van der Waals surface area contributed by atoms with E-state index in [9.17, 15) is 13.2 Å². The van der Waals surface area contributed by atoms with E-state index in [-0.39, 0.29) is 23.2 Å². The first-order valence-electron chi connectivity index (χ1n) is 8.48. The lowest BCUT2D eigenvalue weighted by atomic mass is 10.1. The number of carbonyl (C=O) groups excluding carboxylic acids is 1. The van der Waals surface area contributed by atoms with E-state index in [2.05, 4.69) is 5.32 Å². The van der Waals surface area contributed by atoms with Gasteiger partial charge in [-0.25, -0.2) is 8.42 Å². The maximum atomic E-state index is 12.5. The van der Waals surface area contributed by atoms with Gasteiger partial charge >= 0.3 is 0 Å². The Kier molecular flexibility index (Phi) is 8.34. The third kappa shape index (κ3) is 4.94. The molecule has 25 heavy (non-hydrogen) atoms. The summed E-state index contributed by atoms with van der Waals surface area (Å²) >= 11 is 0. The highest BCUT2D eigenvalue weighted by Crippen LogP contribution is 2.20. The van der Waals surface area contributed by atoms with Gasteiger partial charge in [0.1, 0.15) is 0 Å². The number of carbonyl (C=O) groups is 1. The summed E-state index contributed by atoms with van der Waals surface area (Å²) in [5.41, 5.74) is 0.540. The van der Waals surface area contributed by atoms with Crippen molar-refractivity contribution < 1.29 is 13.2 Å². The zero-order valence-electron chi connectivity index (χ0n) is 15.1. The molecule has 1 N–H and O–H groups in total. The Morgan fingerprint density at radius 1 is 1.24 bits per heavy atom. The van der Waals surface area contributed by atoms with Crippen LogP contribution in [0.4, 0.5) is 0 Å². The van der Waals surface area contributed by atoms with E-state index in [0.717, 1.165) is 26.1 Å². The number of sulfonamides is 1. The molecular formula is C17H28ClN3O3S. The lowest BCUT2D eigenvalue weighted by Crippen LogP contribution is -2.31. The predicted octanol–water partition coefficient (Wildman–Crippen LogP) is 1.82. The van der Waals surface area contributed by atoms with Crippen LogP contribution in [0.3, 0.4) is 0 Å². The van der Waals surface area contributed by atoms with Crippen LogP contribution in [0.5, 0.6) is 0 Å². The molecule has 1 aliphatic rings. The van der Waals surface area contributed by atoms with Crippen LogP contribution in [-0.4, -0.2) is 63.3 Å². The summed E-state index contributed by atoms with van der Waals surface area (Å²) in [6.07, 6.45) is 1.00. The number of nitrogens with one attached hydrogen (secondary N) is 1. The highest BCUT2D eigenvalue weighted by Gasteiger charge is 2.27. The maximum absolute atomic E-state index is 12.5. The minimum absolute atomic E-state index is 0. The van der Waals surface area contributed by atoms with Crippen molar-refractivity contribution in [2.45, 2.75) is 25.2 Å². The van der Waals surface area contributed by atoms with Gasteiger partial charge in [0.05, 0.1) is 4.90 Å². The van der Waals surface area contributed by atoms with E-state index in [1.54, 1.807) is 12.1 Å². The van der Waals surface area contributed by atoms with Gasteiger partial charge in [0.2, 0.25) is 10.0 Å². The maximum Gasteiger partial charge on any atom is 0.253 e. The highest BCUT2D eigenvalue weighted by molar-refractivity contribution is 7.89. The molecule has 1 unspecified atom stereocenters. The Hall–Kier alpha value is -1.15. The SMILES string of the molecule is CCN(CC)S(=O)(=O)c1ccc(C(=O)N2CCC(CNC)C2)cc1.Cl. The first-order chi connectivity index (χ1) is 11.4. The zero-order valence-corrected chi connectivity index (χ0v) is 16.7. The highest BCUT2D eigenvalue weighted by atomic mass is 35.5. The van der Waals surface area contributed by atoms with Crippen molar-refractivity contribution in [2.75, 3.05) is 39.8 Å². The molecule has 0 aromatic heterocycles. The Bertz CT molecular complexity index is 660. The van der Waals surface area contributed by atoms with E-state index in [4.69, 9.17) is 0 Å². The molecule has 1 aromatic rings. The number of rotatable bonds is 7. The number of amides is 1.